The van der Waals surface area contributed by atoms with E-state index in [9.17, 15) is 19.8 Å². The molecule has 1 atom stereocenters. The van der Waals surface area contributed by atoms with Crippen molar-refractivity contribution in [3.05, 3.63) is 22.9 Å². The van der Waals surface area contributed by atoms with Crippen molar-refractivity contribution < 1.29 is 15.0 Å². The van der Waals surface area contributed by atoms with Crippen molar-refractivity contribution in [2.45, 2.75) is 49.4 Å². The Labute approximate surface area is 165 Å². The summed E-state index contributed by atoms with van der Waals surface area (Å²) in [5.41, 5.74) is -1.64. The van der Waals surface area contributed by atoms with Crippen LogP contribution >= 0.6 is 11.8 Å². The van der Waals surface area contributed by atoms with E-state index in [1.807, 2.05) is 6.26 Å². The largest absolute Gasteiger partial charge is 0.465 e. The first-order chi connectivity index (χ1) is 13.4. The zero-order valence-corrected chi connectivity index (χ0v) is 16.5. The molecule has 1 saturated carbocycles. The fraction of sp³-hybridized carbons (Fsp3) is 0.611. The zero-order chi connectivity index (χ0) is 19.9. The normalized spacial score (nSPS) is 24.1. The number of rotatable bonds is 3. The van der Waals surface area contributed by atoms with E-state index in [2.05, 4.69) is 15.0 Å². The van der Waals surface area contributed by atoms with E-state index in [0.717, 1.165) is 25.7 Å². The van der Waals surface area contributed by atoms with Crippen molar-refractivity contribution in [1.82, 2.24) is 24.4 Å². The van der Waals surface area contributed by atoms with Crippen LogP contribution in [0.25, 0.3) is 11.0 Å². The SMILES string of the molecule is CSc1ncc2c(=O)n(CC3(O)CCN(C(=O)O)CC34CCCC4)cnc2n1. The average molecular weight is 405 g/mol. The van der Waals surface area contributed by atoms with Crippen LogP contribution in [-0.4, -0.2) is 65.7 Å². The maximum Gasteiger partial charge on any atom is 0.407 e. The van der Waals surface area contributed by atoms with E-state index in [1.165, 1.54) is 33.8 Å². The number of aliphatic hydroxyl groups is 1. The molecule has 10 heteroatoms. The molecular formula is C18H23N5O4S. The maximum atomic E-state index is 12.9. The van der Waals surface area contributed by atoms with Crippen molar-refractivity contribution in [3.8, 4) is 0 Å². The third kappa shape index (κ3) is 3.04. The topological polar surface area (TPSA) is 121 Å². The highest BCUT2D eigenvalue weighted by Crippen LogP contribution is 2.51. The van der Waals surface area contributed by atoms with E-state index >= 15 is 0 Å². The first-order valence-electron chi connectivity index (χ1n) is 9.34. The minimum absolute atomic E-state index is 0.0898. The summed E-state index contributed by atoms with van der Waals surface area (Å²) in [6.45, 7) is 0.644. The number of thioether (sulfide) groups is 1. The fourth-order valence-electron chi connectivity index (χ4n) is 4.69. The van der Waals surface area contributed by atoms with Gasteiger partial charge in [-0.05, 0) is 25.5 Å². The van der Waals surface area contributed by atoms with Crippen LogP contribution < -0.4 is 5.56 Å². The van der Waals surface area contributed by atoms with Crippen LogP contribution in [0, 0.1) is 5.41 Å². The monoisotopic (exact) mass is 405 g/mol. The summed E-state index contributed by atoms with van der Waals surface area (Å²) in [6, 6.07) is 0. The Morgan fingerprint density at radius 2 is 2.04 bits per heavy atom. The predicted molar refractivity (Wildman–Crippen MR) is 103 cm³/mol. The summed E-state index contributed by atoms with van der Waals surface area (Å²) in [6.07, 6.45) is 7.49. The highest BCUT2D eigenvalue weighted by molar-refractivity contribution is 7.98. The second-order valence-corrected chi connectivity index (χ2v) is 8.52. The lowest BCUT2D eigenvalue weighted by Crippen LogP contribution is -2.62. The second kappa shape index (κ2) is 7.00. The van der Waals surface area contributed by atoms with Crippen LogP contribution in [0.5, 0.6) is 0 Å². The Balaban J connectivity index is 1.70. The average Bonchev–Trinajstić information content (AvgIpc) is 3.16. The molecule has 1 saturated heterocycles. The number of hydrogen-bond donors (Lipinski definition) is 2. The van der Waals surface area contributed by atoms with E-state index in [-0.39, 0.29) is 18.6 Å². The standard InChI is InChI=1S/C18H23N5O4S/c1-28-15-19-8-12-13(21-15)20-11-23(14(12)24)10-18(27)6-7-22(16(25)26)9-17(18)4-2-3-5-17/h8,11,27H,2-7,9-10H2,1H3,(H,25,26). The number of hydrogen-bond acceptors (Lipinski definition) is 7. The number of likely N-dealkylation sites (tertiary alicyclic amines) is 1. The Morgan fingerprint density at radius 1 is 1.29 bits per heavy atom. The number of nitrogens with zero attached hydrogens (tertiary/aromatic N) is 5. The molecule has 2 aromatic heterocycles. The Hall–Kier alpha value is -2.20. The number of aromatic nitrogens is 4. The molecule has 28 heavy (non-hydrogen) atoms. The first-order valence-corrected chi connectivity index (χ1v) is 10.6. The van der Waals surface area contributed by atoms with Crippen molar-refractivity contribution in [2.75, 3.05) is 19.3 Å². The van der Waals surface area contributed by atoms with Crippen molar-refractivity contribution in [2.24, 2.45) is 5.41 Å². The molecule has 2 fully saturated rings. The third-order valence-electron chi connectivity index (χ3n) is 6.28. The quantitative estimate of drug-likeness (QED) is 0.583. The van der Waals surface area contributed by atoms with Gasteiger partial charge in [0.15, 0.2) is 10.8 Å². The van der Waals surface area contributed by atoms with Gasteiger partial charge in [0.1, 0.15) is 11.7 Å². The molecule has 4 rings (SSSR count). The van der Waals surface area contributed by atoms with Gasteiger partial charge in [-0.1, -0.05) is 24.6 Å². The smallest absolute Gasteiger partial charge is 0.407 e. The van der Waals surface area contributed by atoms with Gasteiger partial charge in [0.25, 0.3) is 5.56 Å². The van der Waals surface area contributed by atoms with Gasteiger partial charge in [0, 0.05) is 24.7 Å². The fourth-order valence-corrected chi connectivity index (χ4v) is 5.03. The van der Waals surface area contributed by atoms with Gasteiger partial charge in [0.2, 0.25) is 0 Å². The lowest BCUT2D eigenvalue weighted by molar-refractivity contribution is -0.137. The van der Waals surface area contributed by atoms with Gasteiger partial charge in [0.05, 0.1) is 12.1 Å². The molecule has 3 heterocycles. The van der Waals surface area contributed by atoms with Gasteiger partial charge in [-0.25, -0.2) is 19.7 Å². The minimum Gasteiger partial charge on any atom is -0.465 e. The van der Waals surface area contributed by atoms with Crippen molar-refractivity contribution >= 4 is 28.9 Å². The van der Waals surface area contributed by atoms with Gasteiger partial charge >= 0.3 is 6.09 Å². The van der Waals surface area contributed by atoms with Crippen LogP contribution in [-0.2, 0) is 6.54 Å². The second-order valence-electron chi connectivity index (χ2n) is 7.74. The van der Waals surface area contributed by atoms with E-state index in [4.69, 9.17) is 0 Å². The maximum absolute atomic E-state index is 12.9. The molecule has 0 bridgehead atoms. The van der Waals surface area contributed by atoms with Crippen LogP contribution in [0.3, 0.4) is 0 Å². The molecule has 1 aliphatic heterocycles. The number of piperidine rings is 1. The van der Waals surface area contributed by atoms with Crippen LogP contribution in [0.2, 0.25) is 0 Å². The predicted octanol–water partition coefficient (Wildman–Crippen LogP) is 1.58. The third-order valence-corrected chi connectivity index (χ3v) is 6.84. The number of fused-ring (bicyclic) bond motifs is 1. The zero-order valence-electron chi connectivity index (χ0n) is 15.7. The molecule has 2 aromatic rings. The van der Waals surface area contributed by atoms with Gasteiger partial charge in [-0.3, -0.25) is 9.36 Å². The molecule has 1 aliphatic carbocycles. The van der Waals surface area contributed by atoms with Gasteiger partial charge < -0.3 is 15.1 Å². The van der Waals surface area contributed by atoms with Crippen LogP contribution in [0.4, 0.5) is 4.79 Å². The molecule has 0 radical (unpaired) electrons. The Kier molecular flexibility index (Phi) is 4.78. The molecule has 1 unspecified atom stereocenters. The summed E-state index contributed by atoms with van der Waals surface area (Å²) in [5, 5.41) is 21.9. The van der Waals surface area contributed by atoms with Crippen LogP contribution in [0.15, 0.2) is 22.5 Å². The van der Waals surface area contributed by atoms with Gasteiger partial charge in [-0.15, -0.1) is 0 Å². The number of amides is 1. The lowest BCUT2D eigenvalue weighted by Gasteiger charge is -2.51. The highest BCUT2D eigenvalue weighted by Gasteiger charge is 2.55. The number of carboxylic acid groups (broad SMARTS) is 1. The molecular weight excluding hydrogens is 382 g/mol. The van der Waals surface area contributed by atoms with Crippen LogP contribution in [0.1, 0.15) is 32.1 Å². The summed E-state index contributed by atoms with van der Waals surface area (Å²) in [5.74, 6) is 0. The number of carbonyl (C=O) groups is 1. The van der Waals surface area contributed by atoms with E-state index in [1.54, 1.807) is 0 Å². The van der Waals surface area contributed by atoms with E-state index in [0.29, 0.717) is 29.2 Å². The molecule has 1 amide bonds. The summed E-state index contributed by atoms with van der Waals surface area (Å²) in [7, 11) is 0. The first kappa shape index (κ1) is 19.1. The minimum atomic E-state index is -1.16. The van der Waals surface area contributed by atoms with Gasteiger partial charge in [-0.2, -0.15) is 0 Å². The lowest BCUT2D eigenvalue weighted by atomic mass is 9.66. The summed E-state index contributed by atoms with van der Waals surface area (Å²) >= 11 is 1.37. The molecule has 9 nitrogen and oxygen atoms in total. The molecule has 2 aliphatic rings. The molecule has 150 valence electrons. The Bertz CT molecular complexity index is 974. The van der Waals surface area contributed by atoms with Crippen molar-refractivity contribution in [1.29, 1.82) is 0 Å². The molecule has 1 spiro atoms. The molecule has 2 N–H and O–H groups in total. The summed E-state index contributed by atoms with van der Waals surface area (Å²) < 4.78 is 1.42. The van der Waals surface area contributed by atoms with Crippen molar-refractivity contribution in [3.63, 3.8) is 0 Å². The Morgan fingerprint density at radius 3 is 2.71 bits per heavy atom. The molecule has 0 aromatic carbocycles. The van der Waals surface area contributed by atoms with E-state index < -0.39 is 17.1 Å². The summed E-state index contributed by atoms with van der Waals surface area (Å²) in [4.78, 5) is 38.5. The highest BCUT2D eigenvalue weighted by atomic mass is 32.2.